The van der Waals surface area contributed by atoms with E-state index < -0.39 is 23.3 Å². The molecule has 0 saturated carbocycles. The van der Waals surface area contributed by atoms with Crippen LogP contribution in [0, 0.1) is 0 Å². The van der Waals surface area contributed by atoms with E-state index in [1.165, 1.54) is 0 Å². The molecule has 1 aromatic heterocycles. The summed E-state index contributed by atoms with van der Waals surface area (Å²) < 4.78 is 4.46. The van der Waals surface area contributed by atoms with Crippen molar-refractivity contribution in [2.45, 2.75) is 0 Å². The molecule has 98 valence electrons. The minimum atomic E-state index is -0.801. The summed E-state index contributed by atoms with van der Waals surface area (Å²) in [5.41, 5.74) is 0.357. The third kappa shape index (κ3) is 2.30. The molecule has 0 radical (unpaired) electrons. The summed E-state index contributed by atoms with van der Waals surface area (Å²) in [6.07, 6.45) is 0. The summed E-state index contributed by atoms with van der Waals surface area (Å²) in [6, 6.07) is 8.27. The van der Waals surface area contributed by atoms with Crippen LogP contribution in [0.1, 0.15) is 24.9 Å². The summed E-state index contributed by atoms with van der Waals surface area (Å²) in [4.78, 5) is 23.2. The lowest BCUT2D eigenvalue weighted by atomic mass is 10.1. The van der Waals surface area contributed by atoms with Crippen molar-refractivity contribution in [3.63, 3.8) is 0 Å². The number of esters is 1. The average Bonchev–Trinajstić information content (AvgIpc) is 2.75. The van der Waals surface area contributed by atoms with E-state index in [2.05, 4.69) is 4.74 Å². The van der Waals surface area contributed by atoms with E-state index in [-0.39, 0.29) is 9.75 Å². The van der Waals surface area contributed by atoms with E-state index in [0.717, 1.165) is 7.11 Å². The molecule has 2 aromatic rings. The number of methoxy groups -OCH3 is 1. The van der Waals surface area contributed by atoms with Gasteiger partial charge in [0.1, 0.15) is 4.88 Å². The van der Waals surface area contributed by atoms with Crippen LogP contribution >= 0.6 is 11.3 Å². The number of thiophene rings is 1. The van der Waals surface area contributed by atoms with Gasteiger partial charge in [0.25, 0.3) is 0 Å². The molecule has 2 rings (SSSR count). The highest BCUT2D eigenvalue weighted by atomic mass is 32.1. The summed E-state index contributed by atoms with van der Waals surface area (Å²) in [5, 5.41) is 19.3. The number of benzene rings is 1. The highest BCUT2D eigenvalue weighted by Gasteiger charge is 2.27. The predicted octanol–water partition coefficient (Wildman–Crippen LogP) is 2.18. The molecular formula is C13H10O5S. The summed E-state index contributed by atoms with van der Waals surface area (Å²) in [6.45, 7) is 0. The molecule has 0 aliphatic heterocycles. The zero-order chi connectivity index (χ0) is 14.0. The molecule has 1 aromatic carbocycles. The Balaban J connectivity index is 2.47. The van der Waals surface area contributed by atoms with E-state index in [0.29, 0.717) is 16.9 Å². The second kappa shape index (κ2) is 5.11. The van der Waals surface area contributed by atoms with Gasteiger partial charge >= 0.3 is 5.97 Å². The monoisotopic (exact) mass is 278 g/mol. The molecular weight excluding hydrogens is 268 g/mol. The third-order valence-corrected chi connectivity index (χ3v) is 3.62. The Labute approximate surface area is 112 Å². The molecule has 6 heteroatoms. The van der Waals surface area contributed by atoms with Gasteiger partial charge in [0, 0.05) is 5.56 Å². The lowest BCUT2D eigenvalue weighted by Gasteiger charge is -1.97. The first kappa shape index (κ1) is 13.1. The van der Waals surface area contributed by atoms with Crippen LogP contribution < -0.4 is 0 Å². The topological polar surface area (TPSA) is 83.8 Å². The van der Waals surface area contributed by atoms with Gasteiger partial charge in [-0.15, -0.1) is 11.3 Å². The Morgan fingerprint density at radius 3 is 2.21 bits per heavy atom. The van der Waals surface area contributed by atoms with Crippen LogP contribution in [0.3, 0.4) is 0 Å². The number of hydrogen-bond donors (Lipinski definition) is 2. The van der Waals surface area contributed by atoms with Crippen molar-refractivity contribution in [3.8, 4) is 11.5 Å². The van der Waals surface area contributed by atoms with E-state index in [9.17, 15) is 19.8 Å². The zero-order valence-corrected chi connectivity index (χ0v) is 10.7. The molecule has 5 nitrogen and oxygen atoms in total. The number of carbonyl (C=O) groups excluding carboxylic acids is 2. The molecule has 0 saturated heterocycles. The van der Waals surface area contributed by atoms with Crippen molar-refractivity contribution >= 4 is 23.1 Å². The van der Waals surface area contributed by atoms with Crippen LogP contribution in [0.15, 0.2) is 30.3 Å². The minimum Gasteiger partial charge on any atom is -0.503 e. The quantitative estimate of drug-likeness (QED) is 0.664. The third-order valence-electron chi connectivity index (χ3n) is 2.47. The van der Waals surface area contributed by atoms with Gasteiger partial charge in [0.05, 0.1) is 7.11 Å². The highest BCUT2D eigenvalue weighted by molar-refractivity contribution is 7.16. The maximum atomic E-state index is 12.1. The number of ketones is 1. The van der Waals surface area contributed by atoms with Crippen LogP contribution in [0.25, 0.3) is 0 Å². The molecule has 0 aliphatic rings. The van der Waals surface area contributed by atoms with Gasteiger partial charge in [-0.25, -0.2) is 4.79 Å². The Kier molecular flexibility index (Phi) is 3.52. The van der Waals surface area contributed by atoms with Gasteiger partial charge in [0.2, 0.25) is 5.78 Å². The molecule has 19 heavy (non-hydrogen) atoms. The summed E-state index contributed by atoms with van der Waals surface area (Å²) in [7, 11) is 1.15. The van der Waals surface area contributed by atoms with Gasteiger partial charge in [-0.1, -0.05) is 30.3 Å². The van der Waals surface area contributed by atoms with Gasteiger partial charge in [-0.3, -0.25) is 4.79 Å². The first-order valence-electron chi connectivity index (χ1n) is 5.29. The van der Waals surface area contributed by atoms with E-state index >= 15 is 0 Å². The number of aromatic hydroxyl groups is 2. The lowest BCUT2D eigenvalue weighted by Crippen LogP contribution is -1.99. The molecule has 0 unspecified atom stereocenters. The van der Waals surface area contributed by atoms with Gasteiger partial charge in [-0.05, 0) is 0 Å². The van der Waals surface area contributed by atoms with Crippen molar-refractivity contribution in [1.82, 2.24) is 0 Å². The predicted molar refractivity (Wildman–Crippen MR) is 68.9 cm³/mol. The average molecular weight is 278 g/mol. The number of hydrogen-bond acceptors (Lipinski definition) is 6. The fourth-order valence-electron chi connectivity index (χ4n) is 1.52. The Morgan fingerprint density at radius 2 is 1.63 bits per heavy atom. The smallest absolute Gasteiger partial charge is 0.352 e. The first-order chi connectivity index (χ1) is 9.06. The second-order valence-corrected chi connectivity index (χ2v) is 4.66. The molecule has 0 atom stereocenters. The molecule has 0 fully saturated rings. The molecule has 0 aliphatic carbocycles. The normalized spacial score (nSPS) is 10.2. The standard InChI is InChI=1S/C13H10O5S/c1-18-13(17)12-10(16)9(15)11(19-12)8(14)7-5-3-2-4-6-7/h2-6,15-16H,1H3. The summed E-state index contributed by atoms with van der Waals surface area (Å²) >= 11 is 0.698. The van der Waals surface area contributed by atoms with Crippen LogP contribution in [0.2, 0.25) is 0 Å². The van der Waals surface area contributed by atoms with Gasteiger partial charge in [0.15, 0.2) is 16.4 Å². The Bertz CT molecular complexity index is 630. The number of rotatable bonds is 3. The maximum Gasteiger partial charge on any atom is 0.352 e. The van der Waals surface area contributed by atoms with E-state index in [1.807, 2.05) is 0 Å². The zero-order valence-electron chi connectivity index (χ0n) is 9.91. The Morgan fingerprint density at radius 1 is 1.05 bits per heavy atom. The highest BCUT2D eigenvalue weighted by Crippen LogP contribution is 2.41. The largest absolute Gasteiger partial charge is 0.503 e. The van der Waals surface area contributed by atoms with Crippen molar-refractivity contribution in [2.75, 3.05) is 7.11 Å². The van der Waals surface area contributed by atoms with Crippen molar-refractivity contribution in [1.29, 1.82) is 0 Å². The van der Waals surface area contributed by atoms with Gasteiger partial charge in [-0.2, -0.15) is 0 Å². The van der Waals surface area contributed by atoms with Crippen molar-refractivity contribution in [2.24, 2.45) is 0 Å². The van der Waals surface area contributed by atoms with E-state index in [4.69, 9.17) is 0 Å². The Hall–Kier alpha value is -2.34. The minimum absolute atomic E-state index is 0.0934. The van der Waals surface area contributed by atoms with Crippen LogP contribution in [-0.4, -0.2) is 29.1 Å². The number of carbonyl (C=O) groups is 2. The molecule has 1 heterocycles. The fourth-order valence-corrected chi connectivity index (χ4v) is 2.49. The lowest BCUT2D eigenvalue weighted by molar-refractivity contribution is 0.0602. The fraction of sp³-hybridized carbons (Fsp3) is 0.0769. The summed E-state index contributed by atoms with van der Waals surface area (Å²) in [5.74, 6) is -2.49. The van der Waals surface area contributed by atoms with Crippen LogP contribution in [-0.2, 0) is 4.74 Å². The molecule has 2 N–H and O–H groups in total. The van der Waals surface area contributed by atoms with Crippen LogP contribution in [0.4, 0.5) is 0 Å². The van der Waals surface area contributed by atoms with Crippen molar-refractivity contribution in [3.05, 3.63) is 45.6 Å². The van der Waals surface area contributed by atoms with Gasteiger partial charge < -0.3 is 14.9 Å². The molecule has 0 amide bonds. The first-order valence-corrected chi connectivity index (χ1v) is 6.10. The maximum absolute atomic E-state index is 12.1. The van der Waals surface area contributed by atoms with Crippen LogP contribution in [0.5, 0.6) is 11.5 Å². The second-order valence-electron chi connectivity index (χ2n) is 3.64. The number of ether oxygens (including phenoxy) is 1. The SMILES string of the molecule is COC(=O)c1sc(C(=O)c2ccccc2)c(O)c1O. The molecule has 0 spiro atoms. The molecule has 0 bridgehead atoms. The van der Waals surface area contributed by atoms with E-state index in [1.54, 1.807) is 30.3 Å². The van der Waals surface area contributed by atoms with Crippen molar-refractivity contribution < 1.29 is 24.5 Å².